The zero-order valence-corrected chi connectivity index (χ0v) is 18.1. The van der Waals surface area contributed by atoms with Crippen molar-refractivity contribution in [2.75, 3.05) is 14.2 Å². The number of nitrogens with one attached hydrogen (secondary N) is 1. The first-order valence-electron chi connectivity index (χ1n) is 9.92. The lowest BCUT2D eigenvalue weighted by Crippen LogP contribution is -2.35. The van der Waals surface area contributed by atoms with Gasteiger partial charge in [0.1, 0.15) is 11.5 Å². The van der Waals surface area contributed by atoms with E-state index in [1.807, 2.05) is 30.3 Å². The van der Waals surface area contributed by atoms with Crippen molar-refractivity contribution in [3.05, 3.63) is 99.2 Å². The largest absolute Gasteiger partial charge is 0.491 e. The minimum Gasteiger partial charge on any atom is -0.491 e. The number of methoxy groups -OCH3 is 1. The number of pyridine rings is 1. The third-order valence-electron chi connectivity index (χ3n) is 5.03. The van der Waals surface area contributed by atoms with E-state index in [0.29, 0.717) is 12.1 Å². The average molecular weight is 437 g/mol. The molecule has 0 aliphatic rings. The Balaban J connectivity index is 1.87. The van der Waals surface area contributed by atoms with Crippen LogP contribution in [0.3, 0.4) is 0 Å². The Hall–Kier alpha value is -3.94. The monoisotopic (exact) mass is 437 g/mol. The van der Waals surface area contributed by atoms with Gasteiger partial charge in [0.05, 0.1) is 12.7 Å². The van der Waals surface area contributed by atoms with Crippen molar-refractivity contribution in [2.24, 2.45) is 7.05 Å². The summed E-state index contributed by atoms with van der Waals surface area (Å²) in [6, 6.07) is 16.4. The highest BCUT2D eigenvalue weighted by atomic mass is 19.1. The second-order valence-corrected chi connectivity index (χ2v) is 7.30. The molecule has 0 spiro atoms. The molecule has 2 aromatic carbocycles. The summed E-state index contributed by atoms with van der Waals surface area (Å²) < 4.78 is 19.4. The van der Waals surface area contributed by atoms with Crippen LogP contribution in [0.25, 0.3) is 0 Å². The van der Waals surface area contributed by atoms with E-state index in [9.17, 15) is 18.8 Å². The number of benzene rings is 2. The number of nitrogens with zero attached hydrogens (tertiary/aromatic N) is 2. The highest BCUT2D eigenvalue weighted by molar-refractivity contribution is 6.00. The molecule has 8 heteroatoms. The average Bonchev–Trinajstić information content (AvgIpc) is 2.80. The van der Waals surface area contributed by atoms with Gasteiger partial charge in [0.25, 0.3) is 17.4 Å². The maximum atomic E-state index is 13.1. The van der Waals surface area contributed by atoms with Gasteiger partial charge in [0.2, 0.25) is 0 Å². The molecule has 0 fully saturated rings. The lowest BCUT2D eigenvalue weighted by Gasteiger charge is -2.20. The number of hydrogen-bond donors (Lipinski definition) is 1. The Morgan fingerprint density at radius 2 is 1.72 bits per heavy atom. The first-order chi connectivity index (χ1) is 15.3. The summed E-state index contributed by atoms with van der Waals surface area (Å²) in [6.07, 6.45) is 0. The number of carbonyl (C=O) groups excluding carboxylic acids is 2. The first kappa shape index (κ1) is 22.7. The van der Waals surface area contributed by atoms with E-state index >= 15 is 0 Å². The number of halogens is 1. The van der Waals surface area contributed by atoms with Crippen molar-refractivity contribution in [2.45, 2.75) is 13.1 Å². The lowest BCUT2D eigenvalue weighted by molar-refractivity contribution is 0.0774. The molecule has 3 aromatic rings. The van der Waals surface area contributed by atoms with Crippen molar-refractivity contribution < 1.29 is 18.7 Å². The zero-order valence-electron chi connectivity index (χ0n) is 18.1. The summed E-state index contributed by atoms with van der Waals surface area (Å²) in [5.74, 6) is -1.53. The number of rotatable bonds is 7. The van der Waals surface area contributed by atoms with Crippen LogP contribution in [0.2, 0.25) is 0 Å². The number of amides is 2. The summed E-state index contributed by atoms with van der Waals surface area (Å²) in [4.78, 5) is 40.1. The van der Waals surface area contributed by atoms with Crippen LogP contribution in [0.4, 0.5) is 4.39 Å². The molecule has 166 valence electrons. The van der Waals surface area contributed by atoms with Crippen LogP contribution in [0.1, 0.15) is 32.0 Å². The maximum Gasteiger partial charge on any atom is 0.294 e. The van der Waals surface area contributed by atoms with Gasteiger partial charge in [-0.15, -0.1) is 0 Å². The Kier molecular flexibility index (Phi) is 7.04. The second-order valence-electron chi connectivity index (χ2n) is 7.30. The topological polar surface area (TPSA) is 80.6 Å². The summed E-state index contributed by atoms with van der Waals surface area (Å²) in [5.41, 5.74) is 1.02. The Morgan fingerprint density at radius 1 is 1.06 bits per heavy atom. The minimum atomic E-state index is -0.599. The van der Waals surface area contributed by atoms with Gasteiger partial charge in [0.15, 0.2) is 5.75 Å². The third kappa shape index (κ3) is 5.03. The second kappa shape index (κ2) is 9.91. The molecule has 0 unspecified atom stereocenters. The highest BCUT2D eigenvalue weighted by Gasteiger charge is 2.24. The van der Waals surface area contributed by atoms with Crippen LogP contribution >= 0.6 is 0 Å². The van der Waals surface area contributed by atoms with E-state index in [1.165, 1.54) is 41.8 Å². The normalized spacial score (nSPS) is 10.5. The maximum absolute atomic E-state index is 13.1. The van der Waals surface area contributed by atoms with Crippen molar-refractivity contribution in [1.29, 1.82) is 0 Å². The molecule has 32 heavy (non-hydrogen) atoms. The molecule has 7 nitrogen and oxygen atoms in total. The van der Waals surface area contributed by atoms with E-state index in [4.69, 9.17) is 4.74 Å². The van der Waals surface area contributed by atoms with Crippen LogP contribution in [0.5, 0.6) is 5.75 Å². The fourth-order valence-electron chi connectivity index (χ4n) is 3.25. The quantitative estimate of drug-likeness (QED) is 0.616. The number of ether oxygens (including phenoxy) is 1. The third-order valence-corrected chi connectivity index (χ3v) is 5.03. The minimum absolute atomic E-state index is 0.0471. The molecule has 0 aliphatic heterocycles. The molecule has 3 rings (SSSR count). The molecule has 0 saturated heterocycles. The standard InChI is InChI=1S/C24H24FN3O4/c1-27(15-17-7-5-4-6-8-17)23(30)20-13-19(21(32-3)24(31)28(20)2)22(29)26-14-16-9-11-18(25)12-10-16/h4-13H,14-15H2,1-3H3,(H,26,29). The Morgan fingerprint density at radius 3 is 2.34 bits per heavy atom. The van der Waals surface area contributed by atoms with E-state index < -0.39 is 17.4 Å². The molecule has 2 amide bonds. The highest BCUT2D eigenvalue weighted by Crippen LogP contribution is 2.17. The summed E-state index contributed by atoms with van der Waals surface area (Å²) in [7, 11) is 4.36. The SMILES string of the molecule is COc1c(C(=O)NCc2ccc(F)cc2)cc(C(=O)N(C)Cc2ccccc2)n(C)c1=O. The molecule has 0 radical (unpaired) electrons. The lowest BCUT2D eigenvalue weighted by atomic mass is 10.1. The first-order valence-corrected chi connectivity index (χ1v) is 9.92. The van der Waals surface area contributed by atoms with Crippen LogP contribution < -0.4 is 15.6 Å². The Labute approximate surface area is 185 Å². The molecule has 0 aliphatic carbocycles. The smallest absolute Gasteiger partial charge is 0.294 e. The zero-order chi connectivity index (χ0) is 23.3. The molecular formula is C24H24FN3O4. The molecular weight excluding hydrogens is 413 g/mol. The summed E-state index contributed by atoms with van der Waals surface area (Å²) >= 11 is 0. The number of carbonyl (C=O) groups is 2. The number of aromatic nitrogens is 1. The van der Waals surface area contributed by atoms with E-state index in [-0.39, 0.29) is 29.4 Å². The van der Waals surface area contributed by atoms with E-state index in [2.05, 4.69) is 5.32 Å². The predicted molar refractivity (Wildman–Crippen MR) is 118 cm³/mol. The molecule has 0 atom stereocenters. The van der Waals surface area contributed by atoms with Crippen LogP contribution in [0, 0.1) is 5.82 Å². The van der Waals surface area contributed by atoms with Gasteiger partial charge in [-0.05, 0) is 29.3 Å². The molecule has 0 saturated carbocycles. The van der Waals surface area contributed by atoms with Crippen molar-refractivity contribution in [1.82, 2.24) is 14.8 Å². The van der Waals surface area contributed by atoms with Crippen LogP contribution in [-0.4, -0.2) is 35.4 Å². The van der Waals surface area contributed by atoms with Crippen LogP contribution in [-0.2, 0) is 20.1 Å². The summed E-state index contributed by atoms with van der Waals surface area (Å²) in [6.45, 7) is 0.459. The molecule has 1 aromatic heterocycles. The van der Waals surface area contributed by atoms with Gasteiger partial charge in [-0.25, -0.2) is 4.39 Å². The Bertz CT molecular complexity index is 1170. The summed E-state index contributed by atoms with van der Waals surface area (Å²) in [5, 5.41) is 2.68. The van der Waals surface area contributed by atoms with Crippen molar-refractivity contribution in [3.63, 3.8) is 0 Å². The van der Waals surface area contributed by atoms with Gasteiger partial charge >= 0.3 is 0 Å². The fourth-order valence-corrected chi connectivity index (χ4v) is 3.25. The molecule has 1 heterocycles. The van der Waals surface area contributed by atoms with Crippen molar-refractivity contribution in [3.8, 4) is 5.75 Å². The molecule has 0 bridgehead atoms. The number of hydrogen-bond acceptors (Lipinski definition) is 4. The van der Waals surface area contributed by atoms with E-state index in [0.717, 1.165) is 5.56 Å². The predicted octanol–water partition coefficient (Wildman–Crippen LogP) is 2.74. The molecule has 1 N–H and O–H groups in total. The fraction of sp³-hybridized carbons (Fsp3) is 0.208. The van der Waals surface area contributed by atoms with Gasteiger partial charge < -0.3 is 19.5 Å². The van der Waals surface area contributed by atoms with Gasteiger partial charge in [-0.1, -0.05) is 42.5 Å². The van der Waals surface area contributed by atoms with Crippen molar-refractivity contribution >= 4 is 11.8 Å². The van der Waals surface area contributed by atoms with Gasteiger partial charge in [-0.3, -0.25) is 14.4 Å². The van der Waals surface area contributed by atoms with Gasteiger partial charge in [-0.2, -0.15) is 0 Å². The van der Waals surface area contributed by atoms with Gasteiger partial charge in [0, 0.05) is 27.2 Å². The van der Waals surface area contributed by atoms with E-state index in [1.54, 1.807) is 19.2 Å². The van der Waals surface area contributed by atoms with Crippen LogP contribution in [0.15, 0.2) is 65.5 Å².